The summed E-state index contributed by atoms with van der Waals surface area (Å²) >= 11 is 0. The molecule has 1 aliphatic rings. The summed E-state index contributed by atoms with van der Waals surface area (Å²) in [4.78, 5) is 2.49. The lowest BCUT2D eigenvalue weighted by molar-refractivity contribution is 0.337. The quantitative estimate of drug-likeness (QED) is 0.771. The van der Waals surface area contributed by atoms with Crippen molar-refractivity contribution in [2.45, 2.75) is 19.3 Å². The summed E-state index contributed by atoms with van der Waals surface area (Å²) in [5.74, 6) is -0.176. The zero-order chi connectivity index (χ0) is 11.2. The highest BCUT2D eigenvalue weighted by Crippen LogP contribution is 2.10. The molecule has 0 atom stereocenters. The SMILES string of the molecule is Fc1cccc(NCCCN2CCCC2)c1. The molecule has 0 amide bonds. The van der Waals surface area contributed by atoms with E-state index in [4.69, 9.17) is 0 Å². The third kappa shape index (κ3) is 3.49. The van der Waals surface area contributed by atoms with E-state index in [0.717, 1.165) is 25.2 Å². The number of benzene rings is 1. The highest BCUT2D eigenvalue weighted by Gasteiger charge is 2.09. The lowest BCUT2D eigenvalue weighted by Crippen LogP contribution is -2.22. The second-order valence-electron chi connectivity index (χ2n) is 4.34. The van der Waals surface area contributed by atoms with Crippen LogP contribution in [0.5, 0.6) is 0 Å². The molecule has 1 aromatic rings. The van der Waals surface area contributed by atoms with Crippen LogP contribution in [0.15, 0.2) is 24.3 Å². The fourth-order valence-corrected chi connectivity index (χ4v) is 2.14. The van der Waals surface area contributed by atoms with E-state index in [-0.39, 0.29) is 5.82 Å². The van der Waals surface area contributed by atoms with Crippen LogP contribution < -0.4 is 5.32 Å². The van der Waals surface area contributed by atoms with Gasteiger partial charge in [0, 0.05) is 12.2 Å². The molecule has 1 N–H and O–H groups in total. The molecular weight excluding hydrogens is 203 g/mol. The van der Waals surface area contributed by atoms with Gasteiger partial charge in [0.1, 0.15) is 5.82 Å². The normalized spacial score (nSPS) is 16.6. The summed E-state index contributed by atoms with van der Waals surface area (Å²) in [6, 6.07) is 6.64. The molecule has 0 aromatic heterocycles. The van der Waals surface area contributed by atoms with Gasteiger partial charge in [-0.1, -0.05) is 6.07 Å². The fraction of sp³-hybridized carbons (Fsp3) is 0.538. The predicted molar refractivity (Wildman–Crippen MR) is 65.2 cm³/mol. The van der Waals surface area contributed by atoms with Crippen LogP contribution in [0.3, 0.4) is 0 Å². The van der Waals surface area contributed by atoms with E-state index in [1.54, 1.807) is 6.07 Å². The van der Waals surface area contributed by atoms with Crippen LogP contribution in [-0.4, -0.2) is 31.1 Å². The van der Waals surface area contributed by atoms with Crippen molar-refractivity contribution in [3.63, 3.8) is 0 Å². The Kier molecular flexibility index (Phi) is 4.17. The van der Waals surface area contributed by atoms with Gasteiger partial charge in [0.25, 0.3) is 0 Å². The first-order valence-corrected chi connectivity index (χ1v) is 6.06. The number of halogens is 1. The Hall–Kier alpha value is -1.09. The Labute approximate surface area is 96.5 Å². The van der Waals surface area contributed by atoms with Gasteiger partial charge in [-0.25, -0.2) is 4.39 Å². The van der Waals surface area contributed by atoms with Gasteiger partial charge < -0.3 is 10.2 Å². The summed E-state index contributed by atoms with van der Waals surface area (Å²) in [7, 11) is 0. The van der Waals surface area contributed by atoms with Gasteiger partial charge in [0.05, 0.1) is 0 Å². The van der Waals surface area contributed by atoms with Crippen molar-refractivity contribution in [3.05, 3.63) is 30.1 Å². The van der Waals surface area contributed by atoms with Crippen molar-refractivity contribution in [2.75, 3.05) is 31.5 Å². The first kappa shape index (κ1) is 11.4. The minimum Gasteiger partial charge on any atom is -0.385 e. The van der Waals surface area contributed by atoms with Crippen molar-refractivity contribution in [3.8, 4) is 0 Å². The second kappa shape index (κ2) is 5.85. The van der Waals surface area contributed by atoms with Gasteiger partial charge in [0.2, 0.25) is 0 Å². The van der Waals surface area contributed by atoms with E-state index in [1.165, 1.54) is 38.1 Å². The first-order chi connectivity index (χ1) is 7.84. The molecule has 1 heterocycles. The molecule has 1 saturated heterocycles. The van der Waals surface area contributed by atoms with Gasteiger partial charge in [-0.3, -0.25) is 0 Å². The monoisotopic (exact) mass is 222 g/mol. The molecule has 1 fully saturated rings. The molecule has 0 aliphatic carbocycles. The third-order valence-electron chi connectivity index (χ3n) is 3.00. The first-order valence-electron chi connectivity index (χ1n) is 6.06. The summed E-state index contributed by atoms with van der Waals surface area (Å²) in [6.07, 6.45) is 3.81. The minimum absolute atomic E-state index is 0.176. The highest BCUT2D eigenvalue weighted by molar-refractivity contribution is 5.42. The van der Waals surface area contributed by atoms with E-state index in [1.807, 2.05) is 6.07 Å². The molecule has 1 aliphatic heterocycles. The van der Waals surface area contributed by atoms with Crippen molar-refractivity contribution in [1.29, 1.82) is 0 Å². The molecule has 2 rings (SSSR count). The van der Waals surface area contributed by atoms with Crippen molar-refractivity contribution in [2.24, 2.45) is 0 Å². The average molecular weight is 222 g/mol. The smallest absolute Gasteiger partial charge is 0.125 e. The van der Waals surface area contributed by atoms with Gasteiger partial charge >= 0.3 is 0 Å². The molecule has 3 heteroatoms. The number of hydrogen-bond donors (Lipinski definition) is 1. The molecule has 0 bridgehead atoms. The lowest BCUT2D eigenvalue weighted by atomic mass is 10.3. The van der Waals surface area contributed by atoms with Gasteiger partial charge in [-0.15, -0.1) is 0 Å². The number of rotatable bonds is 5. The van der Waals surface area contributed by atoms with E-state index in [2.05, 4.69) is 10.2 Å². The van der Waals surface area contributed by atoms with Crippen molar-refractivity contribution < 1.29 is 4.39 Å². The van der Waals surface area contributed by atoms with E-state index < -0.39 is 0 Å². The van der Waals surface area contributed by atoms with Crippen molar-refractivity contribution in [1.82, 2.24) is 4.90 Å². The summed E-state index contributed by atoms with van der Waals surface area (Å²) in [5.41, 5.74) is 0.876. The Bertz CT molecular complexity index is 321. The molecule has 0 radical (unpaired) electrons. The van der Waals surface area contributed by atoms with Crippen LogP contribution in [0.4, 0.5) is 10.1 Å². The maximum Gasteiger partial charge on any atom is 0.125 e. The van der Waals surface area contributed by atoms with Crippen LogP contribution in [0.2, 0.25) is 0 Å². The zero-order valence-electron chi connectivity index (χ0n) is 9.58. The summed E-state index contributed by atoms with van der Waals surface area (Å²) in [5, 5.41) is 3.24. The lowest BCUT2D eigenvalue weighted by Gasteiger charge is -2.14. The van der Waals surface area contributed by atoms with Crippen LogP contribution >= 0.6 is 0 Å². The van der Waals surface area contributed by atoms with E-state index in [0.29, 0.717) is 0 Å². The summed E-state index contributed by atoms with van der Waals surface area (Å²) < 4.78 is 12.9. The third-order valence-corrected chi connectivity index (χ3v) is 3.00. The molecule has 88 valence electrons. The highest BCUT2D eigenvalue weighted by atomic mass is 19.1. The van der Waals surface area contributed by atoms with E-state index >= 15 is 0 Å². The average Bonchev–Trinajstić information content (AvgIpc) is 2.77. The molecule has 0 spiro atoms. The minimum atomic E-state index is -0.176. The Balaban J connectivity index is 1.64. The molecular formula is C13H19FN2. The maximum atomic E-state index is 12.9. The molecule has 0 saturated carbocycles. The number of anilines is 1. The predicted octanol–water partition coefficient (Wildman–Crippen LogP) is 2.72. The number of hydrogen-bond acceptors (Lipinski definition) is 2. The second-order valence-corrected chi connectivity index (χ2v) is 4.34. The number of nitrogens with one attached hydrogen (secondary N) is 1. The zero-order valence-corrected chi connectivity index (χ0v) is 9.58. The van der Waals surface area contributed by atoms with Crippen LogP contribution in [-0.2, 0) is 0 Å². The standard InChI is InChI=1S/C13H19FN2/c14-12-5-3-6-13(11-12)15-7-4-10-16-8-1-2-9-16/h3,5-6,11,15H,1-2,4,7-10H2. The largest absolute Gasteiger partial charge is 0.385 e. The number of likely N-dealkylation sites (tertiary alicyclic amines) is 1. The molecule has 2 nitrogen and oxygen atoms in total. The van der Waals surface area contributed by atoms with Gasteiger partial charge in [-0.2, -0.15) is 0 Å². The summed E-state index contributed by atoms with van der Waals surface area (Å²) in [6.45, 7) is 4.57. The molecule has 1 aromatic carbocycles. The molecule has 16 heavy (non-hydrogen) atoms. The van der Waals surface area contributed by atoms with Crippen LogP contribution in [0.25, 0.3) is 0 Å². The maximum absolute atomic E-state index is 12.9. The Morgan fingerprint density at radius 2 is 2.06 bits per heavy atom. The Morgan fingerprint density at radius 1 is 1.25 bits per heavy atom. The fourth-order valence-electron chi connectivity index (χ4n) is 2.14. The van der Waals surface area contributed by atoms with Crippen LogP contribution in [0.1, 0.15) is 19.3 Å². The Morgan fingerprint density at radius 3 is 2.81 bits per heavy atom. The molecule has 0 unspecified atom stereocenters. The van der Waals surface area contributed by atoms with Crippen LogP contribution in [0, 0.1) is 5.82 Å². The van der Waals surface area contributed by atoms with Gasteiger partial charge in [-0.05, 0) is 57.1 Å². The van der Waals surface area contributed by atoms with Gasteiger partial charge in [0.15, 0.2) is 0 Å². The number of nitrogens with zero attached hydrogens (tertiary/aromatic N) is 1. The topological polar surface area (TPSA) is 15.3 Å². The van der Waals surface area contributed by atoms with Crippen molar-refractivity contribution >= 4 is 5.69 Å². The van der Waals surface area contributed by atoms with E-state index in [9.17, 15) is 4.39 Å².